The second-order valence-electron chi connectivity index (χ2n) is 7.46. The van der Waals surface area contributed by atoms with Crippen LogP contribution >= 0.6 is 0 Å². The maximum absolute atomic E-state index is 12.2. The van der Waals surface area contributed by atoms with Crippen LogP contribution in [-0.4, -0.2) is 38.6 Å². The summed E-state index contributed by atoms with van der Waals surface area (Å²) < 4.78 is 25.4. The normalized spacial score (nSPS) is 24.7. The highest BCUT2D eigenvalue weighted by Crippen LogP contribution is 2.49. The smallest absolute Gasteiger partial charge is 0.269 e. The standard InChI is InChI=1S/C18H25N3O4S/c1-21(2)26(24,25)16-5-3-4-14(10-16)18(23)20-19-17(22)11-15-9-12-6-7-13(15)8-12/h3-5,10,12-13,15H,6-9,11H2,1-2H3,(H,19,22)(H,20,23)/t12-,13-,15-/m1/s1. The molecule has 0 saturated heterocycles. The van der Waals surface area contributed by atoms with Gasteiger partial charge in [-0.3, -0.25) is 20.4 Å². The van der Waals surface area contributed by atoms with Crippen molar-refractivity contribution in [3.05, 3.63) is 29.8 Å². The molecule has 2 aliphatic carbocycles. The first-order valence-corrected chi connectivity index (χ1v) is 10.3. The summed E-state index contributed by atoms with van der Waals surface area (Å²) >= 11 is 0. The minimum absolute atomic E-state index is 0.0310. The van der Waals surface area contributed by atoms with Crippen LogP contribution in [0.25, 0.3) is 0 Å². The van der Waals surface area contributed by atoms with Gasteiger partial charge < -0.3 is 0 Å². The first kappa shape index (κ1) is 18.8. The van der Waals surface area contributed by atoms with Crippen LogP contribution in [0.15, 0.2) is 29.2 Å². The van der Waals surface area contributed by atoms with Gasteiger partial charge in [0.15, 0.2) is 0 Å². The van der Waals surface area contributed by atoms with E-state index in [0.29, 0.717) is 18.3 Å². The number of hydrogen-bond acceptors (Lipinski definition) is 4. The maximum atomic E-state index is 12.2. The lowest BCUT2D eigenvalue weighted by atomic mass is 9.86. The number of amides is 2. The fraction of sp³-hybridized carbons (Fsp3) is 0.556. The van der Waals surface area contributed by atoms with Crippen LogP contribution in [-0.2, 0) is 14.8 Å². The van der Waals surface area contributed by atoms with Crippen molar-refractivity contribution in [1.29, 1.82) is 0 Å². The molecule has 2 N–H and O–H groups in total. The molecule has 0 heterocycles. The molecule has 0 spiro atoms. The van der Waals surface area contributed by atoms with Gasteiger partial charge in [-0.15, -0.1) is 0 Å². The number of nitrogens with zero attached hydrogens (tertiary/aromatic N) is 1. The van der Waals surface area contributed by atoms with E-state index in [4.69, 9.17) is 0 Å². The molecule has 2 aliphatic rings. The number of hydrogen-bond donors (Lipinski definition) is 2. The number of nitrogens with one attached hydrogen (secondary N) is 2. The van der Waals surface area contributed by atoms with Crippen LogP contribution in [0.5, 0.6) is 0 Å². The molecule has 2 fully saturated rings. The summed E-state index contributed by atoms with van der Waals surface area (Å²) in [4.78, 5) is 24.4. The summed E-state index contributed by atoms with van der Waals surface area (Å²) in [6.07, 6.45) is 5.26. The van der Waals surface area contributed by atoms with Gasteiger partial charge in [0.1, 0.15) is 0 Å². The summed E-state index contributed by atoms with van der Waals surface area (Å²) in [7, 11) is -0.762. The highest BCUT2D eigenvalue weighted by atomic mass is 32.2. The van der Waals surface area contributed by atoms with Gasteiger partial charge in [-0.2, -0.15) is 0 Å². The van der Waals surface area contributed by atoms with Crippen LogP contribution in [0, 0.1) is 17.8 Å². The molecule has 142 valence electrons. The lowest BCUT2D eigenvalue weighted by Gasteiger charge is -2.20. The third-order valence-electron chi connectivity index (χ3n) is 5.52. The quantitative estimate of drug-likeness (QED) is 0.759. The van der Waals surface area contributed by atoms with E-state index in [1.54, 1.807) is 0 Å². The average molecular weight is 379 g/mol. The zero-order valence-electron chi connectivity index (χ0n) is 15.1. The molecule has 2 amide bonds. The molecule has 1 aromatic carbocycles. The van der Waals surface area contributed by atoms with Gasteiger partial charge in [-0.25, -0.2) is 12.7 Å². The summed E-state index contributed by atoms with van der Waals surface area (Å²) in [5.41, 5.74) is 5.00. The van der Waals surface area contributed by atoms with E-state index >= 15 is 0 Å². The fourth-order valence-corrected chi connectivity index (χ4v) is 5.07. The Morgan fingerprint density at radius 2 is 1.92 bits per heavy atom. The summed E-state index contributed by atoms with van der Waals surface area (Å²) in [6.45, 7) is 0. The zero-order chi connectivity index (χ0) is 18.9. The largest absolute Gasteiger partial charge is 0.273 e. The van der Waals surface area contributed by atoms with E-state index in [0.717, 1.165) is 16.6 Å². The molecule has 7 nitrogen and oxygen atoms in total. The molecule has 3 atom stereocenters. The van der Waals surface area contributed by atoms with Gasteiger partial charge in [0.25, 0.3) is 5.91 Å². The van der Waals surface area contributed by atoms with Crippen LogP contribution in [0.4, 0.5) is 0 Å². The van der Waals surface area contributed by atoms with Gasteiger partial charge >= 0.3 is 0 Å². The zero-order valence-corrected chi connectivity index (χ0v) is 15.9. The van der Waals surface area contributed by atoms with Crippen molar-refractivity contribution >= 4 is 21.8 Å². The van der Waals surface area contributed by atoms with Gasteiger partial charge in [0, 0.05) is 26.1 Å². The minimum Gasteiger partial charge on any atom is -0.273 e. The number of fused-ring (bicyclic) bond motifs is 2. The Morgan fingerprint density at radius 1 is 1.15 bits per heavy atom. The van der Waals surface area contributed by atoms with Crippen LogP contribution in [0.2, 0.25) is 0 Å². The Balaban J connectivity index is 1.56. The molecule has 0 radical (unpaired) electrons. The molecule has 2 bridgehead atoms. The fourth-order valence-electron chi connectivity index (χ4n) is 4.12. The van der Waals surface area contributed by atoms with Gasteiger partial charge in [-0.05, 0) is 55.2 Å². The van der Waals surface area contributed by atoms with Crippen LogP contribution < -0.4 is 10.9 Å². The van der Waals surface area contributed by atoms with Crippen molar-refractivity contribution in [3.63, 3.8) is 0 Å². The van der Waals surface area contributed by atoms with E-state index in [1.165, 1.54) is 57.6 Å². The van der Waals surface area contributed by atoms with Gasteiger partial charge in [0.05, 0.1) is 4.90 Å². The minimum atomic E-state index is -3.62. The van der Waals surface area contributed by atoms with Crippen molar-refractivity contribution in [3.8, 4) is 0 Å². The SMILES string of the molecule is CN(C)S(=O)(=O)c1cccc(C(=O)NNC(=O)C[C@H]2C[C@@H]3CC[C@@H]2C3)c1. The van der Waals surface area contributed by atoms with Gasteiger partial charge in [-0.1, -0.05) is 12.5 Å². The van der Waals surface area contributed by atoms with E-state index in [1.807, 2.05) is 0 Å². The number of benzene rings is 1. The van der Waals surface area contributed by atoms with E-state index in [9.17, 15) is 18.0 Å². The number of carbonyl (C=O) groups excluding carboxylic acids is 2. The number of carbonyl (C=O) groups is 2. The van der Waals surface area contributed by atoms with Crippen molar-refractivity contribution in [1.82, 2.24) is 15.2 Å². The Hall–Kier alpha value is -1.93. The molecule has 26 heavy (non-hydrogen) atoms. The molecule has 0 unspecified atom stereocenters. The number of rotatable bonds is 5. The Labute approximate surface area is 154 Å². The Bertz CT molecular complexity index is 806. The monoisotopic (exact) mass is 379 g/mol. The second-order valence-corrected chi connectivity index (χ2v) is 9.61. The molecular formula is C18H25N3O4S. The van der Waals surface area contributed by atoms with Crippen LogP contribution in [0.3, 0.4) is 0 Å². The van der Waals surface area contributed by atoms with E-state index < -0.39 is 15.9 Å². The van der Waals surface area contributed by atoms with E-state index in [2.05, 4.69) is 10.9 Å². The first-order valence-electron chi connectivity index (χ1n) is 8.89. The molecule has 0 aromatic heterocycles. The lowest BCUT2D eigenvalue weighted by molar-refractivity contribution is -0.123. The number of hydrazine groups is 1. The van der Waals surface area contributed by atoms with Gasteiger partial charge in [0.2, 0.25) is 15.9 Å². The average Bonchev–Trinajstić information content (AvgIpc) is 3.22. The molecular weight excluding hydrogens is 354 g/mol. The predicted molar refractivity (Wildman–Crippen MR) is 96.5 cm³/mol. The topological polar surface area (TPSA) is 95.6 Å². The highest BCUT2D eigenvalue weighted by molar-refractivity contribution is 7.89. The molecule has 2 saturated carbocycles. The van der Waals surface area contributed by atoms with Crippen molar-refractivity contribution in [2.75, 3.05) is 14.1 Å². The van der Waals surface area contributed by atoms with Crippen molar-refractivity contribution in [2.24, 2.45) is 17.8 Å². The third kappa shape index (κ3) is 3.91. The van der Waals surface area contributed by atoms with Crippen molar-refractivity contribution < 1.29 is 18.0 Å². The summed E-state index contributed by atoms with van der Waals surface area (Å²) in [6, 6.07) is 5.74. The van der Waals surface area contributed by atoms with Crippen LogP contribution in [0.1, 0.15) is 42.5 Å². The highest BCUT2D eigenvalue weighted by Gasteiger charge is 2.40. The molecule has 8 heteroatoms. The third-order valence-corrected chi connectivity index (χ3v) is 7.33. The predicted octanol–water partition coefficient (Wildman–Crippen LogP) is 1.52. The maximum Gasteiger partial charge on any atom is 0.269 e. The van der Waals surface area contributed by atoms with E-state index in [-0.39, 0.29) is 16.4 Å². The summed E-state index contributed by atoms with van der Waals surface area (Å²) in [5.74, 6) is 1.09. The number of sulfonamides is 1. The first-order chi connectivity index (χ1) is 12.3. The molecule has 3 rings (SSSR count). The Morgan fingerprint density at radius 3 is 2.54 bits per heavy atom. The van der Waals surface area contributed by atoms with Crippen molar-refractivity contribution in [2.45, 2.75) is 37.0 Å². The molecule has 0 aliphatic heterocycles. The second kappa shape index (κ2) is 7.36. The summed E-state index contributed by atoms with van der Waals surface area (Å²) in [5, 5.41) is 0. The Kier molecular flexibility index (Phi) is 5.34. The molecule has 1 aromatic rings. The lowest BCUT2D eigenvalue weighted by Crippen LogP contribution is -2.42.